The van der Waals surface area contributed by atoms with Crippen molar-refractivity contribution in [1.29, 1.82) is 0 Å². The van der Waals surface area contributed by atoms with Crippen LogP contribution in [0.5, 0.6) is 0 Å². The molecule has 0 bridgehead atoms. The molecule has 0 aliphatic heterocycles. The largest absolute Gasteiger partial charge is 0.456 e. The van der Waals surface area contributed by atoms with Crippen LogP contribution in [0.25, 0.3) is 49.2 Å². The van der Waals surface area contributed by atoms with Gasteiger partial charge in [-0.1, -0.05) is 56.3 Å². The van der Waals surface area contributed by atoms with Crippen LogP contribution in [0.1, 0.15) is 30.9 Å². The number of aromatic nitrogens is 1. The maximum Gasteiger partial charge on any atom is 0.216 e. The number of benzene rings is 3. The van der Waals surface area contributed by atoms with E-state index in [1.165, 1.54) is 5.56 Å². The summed E-state index contributed by atoms with van der Waals surface area (Å²) in [5, 5.41) is 2.11. The summed E-state index contributed by atoms with van der Waals surface area (Å²) in [6.45, 7) is 14.3. The van der Waals surface area contributed by atoms with E-state index in [4.69, 9.17) is 11.0 Å². The molecule has 2 aromatic heterocycles. The Bertz CT molecular complexity index is 1520. The quantitative estimate of drug-likeness (QED) is 0.217. The van der Waals surface area contributed by atoms with E-state index in [0.717, 1.165) is 49.9 Å². The van der Waals surface area contributed by atoms with Gasteiger partial charge in [0.25, 0.3) is 0 Å². The Morgan fingerprint density at radius 1 is 0.938 bits per heavy atom. The van der Waals surface area contributed by atoms with Crippen molar-refractivity contribution in [3.05, 3.63) is 95.5 Å². The summed E-state index contributed by atoms with van der Waals surface area (Å²) in [5.41, 5.74) is 8.87. The minimum Gasteiger partial charge on any atom is -0.456 e. The maximum absolute atomic E-state index is 7.77. The molecular formula is C29H25N2O+. The summed E-state index contributed by atoms with van der Waals surface area (Å²) < 4.78 is 8.51. The predicted molar refractivity (Wildman–Crippen MR) is 131 cm³/mol. The molecule has 0 fully saturated rings. The van der Waals surface area contributed by atoms with Gasteiger partial charge in [-0.25, -0.2) is 9.41 Å². The highest BCUT2D eigenvalue weighted by Crippen LogP contribution is 2.42. The number of hydrogen-bond donors (Lipinski definition) is 0. The Kier molecular flexibility index (Phi) is 4.79. The van der Waals surface area contributed by atoms with Crippen LogP contribution in [0.15, 0.2) is 77.3 Å². The fourth-order valence-corrected chi connectivity index (χ4v) is 4.45. The molecule has 156 valence electrons. The van der Waals surface area contributed by atoms with Crippen molar-refractivity contribution in [2.75, 3.05) is 0 Å². The summed E-state index contributed by atoms with van der Waals surface area (Å²) >= 11 is 0. The minimum absolute atomic E-state index is 0.477. The molecule has 3 nitrogen and oxygen atoms in total. The molecule has 5 rings (SSSR count). The lowest BCUT2D eigenvalue weighted by Crippen LogP contribution is -2.30. The number of fused-ring (bicyclic) bond motifs is 3. The zero-order valence-corrected chi connectivity index (χ0v) is 18.8. The smallest absolute Gasteiger partial charge is 0.216 e. The van der Waals surface area contributed by atoms with Gasteiger partial charge in [-0.15, -0.1) is 0 Å². The molecule has 0 radical (unpaired) electrons. The van der Waals surface area contributed by atoms with Crippen LogP contribution in [0.3, 0.4) is 0 Å². The standard InChI is InChI=1S/C29H25N2O/c1-18(2)20-10-12-21(13-11-20)23-16-24-22-14-9-19(3)28(26-8-6-7-15-31(26)5)29(22)32-27(24)17-25(23)30-4/h6-18H,1-3,5H3/q+1. The topological polar surface area (TPSA) is 21.4 Å². The van der Waals surface area contributed by atoms with Gasteiger partial charge in [0.05, 0.1) is 12.1 Å². The predicted octanol–water partition coefficient (Wildman–Crippen LogP) is 7.73. The second-order valence-electron chi connectivity index (χ2n) is 8.69. The Balaban J connectivity index is 1.78. The number of nitrogens with zero attached hydrogens (tertiary/aromatic N) is 2. The maximum atomic E-state index is 7.77. The zero-order valence-electron chi connectivity index (χ0n) is 18.8. The Morgan fingerprint density at radius 3 is 2.41 bits per heavy atom. The lowest BCUT2D eigenvalue weighted by molar-refractivity contribution is -0.660. The summed E-state index contributed by atoms with van der Waals surface area (Å²) in [6, 6.07) is 23.0. The zero-order chi connectivity index (χ0) is 22.4. The van der Waals surface area contributed by atoms with Crippen molar-refractivity contribution >= 4 is 27.6 Å². The van der Waals surface area contributed by atoms with E-state index in [2.05, 4.69) is 78.7 Å². The van der Waals surface area contributed by atoms with Gasteiger partial charge in [-0.2, -0.15) is 0 Å². The van der Waals surface area contributed by atoms with Crippen LogP contribution in [0, 0.1) is 13.5 Å². The Labute approximate surface area is 188 Å². The van der Waals surface area contributed by atoms with E-state index in [-0.39, 0.29) is 0 Å². The molecule has 5 aromatic rings. The summed E-state index contributed by atoms with van der Waals surface area (Å²) in [5.74, 6) is 0.477. The number of furan rings is 1. The summed E-state index contributed by atoms with van der Waals surface area (Å²) in [4.78, 5) is 3.82. The minimum atomic E-state index is 0.477. The molecule has 3 heteroatoms. The highest BCUT2D eigenvalue weighted by atomic mass is 16.3. The summed E-state index contributed by atoms with van der Waals surface area (Å²) in [7, 11) is 2.05. The first-order chi connectivity index (χ1) is 15.5. The second kappa shape index (κ2) is 7.66. The molecule has 0 N–H and O–H groups in total. The van der Waals surface area contributed by atoms with Crippen LogP contribution in [-0.4, -0.2) is 0 Å². The molecule has 0 aliphatic carbocycles. The molecule has 2 heterocycles. The van der Waals surface area contributed by atoms with Crippen molar-refractivity contribution in [1.82, 2.24) is 0 Å². The van der Waals surface area contributed by atoms with Gasteiger partial charge in [0.15, 0.2) is 11.9 Å². The van der Waals surface area contributed by atoms with E-state index in [9.17, 15) is 0 Å². The van der Waals surface area contributed by atoms with Crippen LogP contribution in [-0.2, 0) is 7.05 Å². The van der Waals surface area contributed by atoms with Crippen LogP contribution >= 0.6 is 0 Å². The van der Waals surface area contributed by atoms with Crippen LogP contribution < -0.4 is 4.57 Å². The first-order valence-electron chi connectivity index (χ1n) is 10.9. The second-order valence-corrected chi connectivity index (χ2v) is 8.69. The van der Waals surface area contributed by atoms with Crippen molar-refractivity contribution in [3.63, 3.8) is 0 Å². The van der Waals surface area contributed by atoms with E-state index in [0.29, 0.717) is 11.6 Å². The van der Waals surface area contributed by atoms with Crippen molar-refractivity contribution < 1.29 is 8.98 Å². The molecule has 0 unspecified atom stereocenters. The molecule has 0 atom stereocenters. The third kappa shape index (κ3) is 3.16. The monoisotopic (exact) mass is 417 g/mol. The van der Waals surface area contributed by atoms with Crippen molar-refractivity contribution in [3.8, 4) is 22.4 Å². The van der Waals surface area contributed by atoms with Crippen LogP contribution in [0.2, 0.25) is 0 Å². The number of rotatable bonds is 3. The van der Waals surface area contributed by atoms with E-state index < -0.39 is 0 Å². The number of pyridine rings is 1. The number of hydrogen-bond acceptors (Lipinski definition) is 1. The number of aryl methyl sites for hydroxylation is 2. The van der Waals surface area contributed by atoms with Gasteiger partial charge in [0.2, 0.25) is 5.69 Å². The average molecular weight is 418 g/mol. The van der Waals surface area contributed by atoms with Gasteiger partial charge in [0, 0.05) is 22.9 Å². The average Bonchev–Trinajstić information content (AvgIpc) is 3.16. The molecule has 0 aliphatic rings. The molecule has 3 aromatic carbocycles. The Hall–Kier alpha value is -3.90. The first kappa shape index (κ1) is 20.0. The van der Waals surface area contributed by atoms with Gasteiger partial charge in [-0.3, -0.25) is 0 Å². The molecule has 0 saturated carbocycles. The highest BCUT2D eigenvalue weighted by molar-refractivity contribution is 6.12. The summed E-state index contributed by atoms with van der Waals surface area (Å²) in [6.07, 6.45) is 2.05. The van der Waals surface area contributed by atoms with E-state index in [1.807, 2.05) is 31.4 Å². The lowest BCUT2D eigenvalue weighted by atomic mass is 9.96. The van der Waals surface area contributed by atoms with Gasteiger partial charge in [0.1, 0.15) is 18.2 Å². The van der Waals surface area contributed by atoms with E-state index >= 15 is 0 Å². The molecule has 0 saturated heterocycles. The van der Waals surface area contributed by atoms with Gasteiger partial charge >= 0.3 is 0 Å². The fourth-order valence-electron chi connectivity index (χ4n) is 4.45. The van der Waals surface area contributed by atoms with E-state index in [1.54, 1.807) is 0 Å². The third-order valence-electron chi connectivity index (χ3n) is 6.29. The molecule has 0 spiro atoms. The SMILES string of the molecule is [C-]#[N+]c1cc2oc3c(-c4cccc[n+]4C)c(C)ccc3c2cc1-c1ccc(C(C)C)cc1. The van der Waals surface area contributed by atoms with Gasteiger partial charge < -0.3 is 4.42 Å². The molecule has 0 amide bonds. The van der Waals surface area contributed by atoms with Crippen molar-refractivity contribution in [2.45, 2.75) is 26.7 Å². The fraction of sp³-hybridized carbons (Fsp3) is 0.172. The van der Waals surface area contributed by atoms with Crippen LogP contribution in [0.4, 0.5) is 5.69 Å². The highest BCUT2D eigenvalue weighted by Gasteiger charge is 2.21. The Morgan fingerprint density at radius 2 is 1.72 bits per heavy atom. The molecule has 32 heavy (non-hydrogen) atoms. The van der Waals surface area contributed by atoms with Crippen molar-refractivity contribution in [2.24, 2.45) is 7.05 Å². The first-order valence-corrected chi connectivity index (χ1v) is 10.9. The third-order valence-corrected chi connectivity index (χ3v) is 6.29. The van der Waals surface area contributed by atoms with Gasteiger partial charge in [-0.05, 0) is 47.2 Å². The normalized spacial score (nSPS) is 11.4. The molecular weight excluding hydrogens is 392 g/mol. The lowest BCUT2D eigenvalue weighted by Gasteiger charge is -2.09.